The molecule has 0 aliphatic heterocycles. The molecule has 0 fully saturated rings. The predicted octanol–water partition coefficient (Wildman–Crippen LogP) is 3.90. The van der Waals surface area contributed by atoms with E-state index in [9.17, 15) is 9.90 Å². The fourth-order valence-electron chi connectivity index (χ4n) is 3.87. The summed E-state index contributed by atoms with van der Waals surface area (Å²) >= 11 is 1.64. The molecule has 1 aromatic carbocycles. The molecule has 3 aromatic rings. The van der Waals surface area contributed by atoms with Crippen LogP contribution < -0.4 is 10.3 Å². The maximum absolute atomic E-state index is 13.0. The van der Waals surface area contributed by atoms with Crippen molar-refractivity contribution in [1.29, 1.82) is 0 Å². The van der Waals surface area contributed by atoms with Crippen molar-refractivity contribution in [2.75, 3.05) is 6.61 Å². The quantitative estimate of drug-likeness (QED) is 0.684. The first kappa shape index (κ1) is 19.2. The Morgan fingerprint density at radius 2 is 2.04 bits per heavy atom. The van der Waals surface area contributed by atoms with E-state index in [4.69, 9.17) is 4.74 Å². The van der Waals surface area contributed by atoms with Crippen molar-refractivity contribution in [3.63, 3.8) is 0 Å². The summed E-state index contributed by atoms with van der Waals surface area (Å²) in [7, 11) is 0. The Balaban J connectivity index is 1.51. The fraction of sp³-hybridized carbons (Fsp3) is 0.455. The summed E-state index contributed by atoms with van der Waals surface area (Å²) in [6, 6.07) is 7.87. The van der Waals surface area contributed by atoms with E-state index >= 15 is 0 Å². The maximum Gasteiger partial charge on any atom is 0.262 e. The average molecular weight is 399 g/mol. The van der Waals surface area contributed by atoms with Gasteiger partial charge >= 0.3 is 0 Å². The molecule has 0 saturated carbocycles. The first-order valence-electron chi connectivity index (χ1n) is 9.94. The van der Waals surface area contributed by atoms with Crippen LogP contribution in [0.2, 0.25) is 0 Å². The minimum Gasteiger partial charge on any atom is -0.491 e. The highest BCUT2D eigenvalue weighted by molar-refractivity contribution is 7.18. The number of fused-ring (bicyclic) bond motifs is 3. The molecule has 5 nitrogen and oxygen atoms in total. The van der Waals surface area contributed by atoms with Crippen LogP contribution in [-0.4, -0.2) is 27.4 Å². The van der Waals surface area contributed by atoms with Gasteiger partial charge in [0.15, 0.2) is 0 Å². The van der Waals surface area contributed by atoms with Gasteiger partial charge in [-0.3, -0.25) is 9.36 Å². The van der Waals surface area contributed by atoms with E-state index in [0.29, 0.717) is 5.92 Å². The molecule has 0 radical (unpaired) electrons. The van der Waals surface area contributed by atoms with E-state index < -0.39 is 6.10 Å². The molecule has 1 aliphatic carbocycles. The number of aliphatic hydroxyl groups is 1. The van der Waals surface area contributed by atoms with Crippen molar-refractivity contribution >= 4 is 21.6 Å². The minimum atomic E-state index is -0.786. The summed E-state index contributed by atoms with van der Waals surface area (Å²) in [5, 5.41) is 11.2. The average Bonchev–Trinajstić information content (AvgIpc) is 3.08. The van der Waals surface area contributed by atoms with Gasteiger partial charge < -0.3 is 9.84 Å². The van der Waals surface area contributed by atoms with Crippen molar-refractivity contribution in [1.82, 2.24) is 9.55 Å². The number of rotatable bonds is 6. The van der Waals surface area contributed by atoms with Gasteiger partial charge in [-0.25, -0.2) is 4.98 Å². The number of thiophene rings is 1. The van der Waals surface area contributed by atoms with Gasteiger partial charge in [0.1, 0.15) is 23.3 Å². The van der Waals surface area contributed by atoms with Crippen LogP contribution in [0.5, 0.6) is 5.75 Å². The van der Waals surface area contributed by atoms with Crippen molar-refractivity contribution in [3.05, 3.63) is 57.0 Å². The van der Waals surface area contributed by atoms with Crippen molar-refractivity contribution in [2.24, 2.45) is 0 Å². The van der Waals surface area contributed by atoms with Crippen LogP contribution in [0.1, 0.15) is 48.6 Å². The molecule has 1 N–H and O–H groups in total. The Hall–Kier alpha value is -2.18. The Morgan fingerprint density at radius 1 is 1.25 bits per heavy atom. The third-order valence-corrected chi connectivity index (χ3v) is 6.52. The van der Waals surface area contributed by atoms with Gasteiger partial charge in [-0.1, -0.05) is 32.0 Å². The third-order valence-electron chi connectivity index (χ3n) is 5.32. The summed E-state index contributed by atoms with van der Waals surface area (Å²) < 4.78 is 7.37. The molecule has 1 atom stereocenters. The van der Waals surface area contributed by atoms with Gasteiger partial charge in [-0.05, 0) is 48.8 Å². The molecule has 2 heterocycles. The number of aromatic nitrogens is 2. The maximum atomic E-state index is 13.0. The molecular formula is C22H26N2O3S. The van der Waals surface area contributed by atoms with E-state index in [1.807, 2.05) is 24.3 Å². The standard InChI is InChI=1S/C22H26N2O3S/c1-14(2)16-7-3-5-9-18(16)27-12-15(25)11-24-13-23-21-20(22(24)26)17-8-4-6-10-19(17)28-21/h3,5,7,9,13-15,25H,4,6,8,10-12H2,1-2H3/t15-/m0/s1. The molecule has 0 saturated heterocycles. The summed E-state index contributed by atoms with van der Waals surface area (Å²) in [5.74, 6) is 1.12. The molecule has 28 heavy (non-hydrogen) atoms. The van der Waals surface area contributed by atoms with Crippen LogP contribution in [0.3, 0.4) is 0 Å². The number of para-hydroxylation sites is 1. The second-order valence-corrected chi connectivity index (χ2v) is 8.83. The van der Waals surface area contributed by atoms with E-state index in [-0.39, 0.29) is 18.7 Å². The number of aliphatic hydroxyl groups excluding tert-OH is 1. The molecule has 0 amide bonds. The first-order chi connectivity index (χ1) is 13.5. The zero-order valence-corrected chi connectivity index (χ0v) is 17.2. The predicted molar refractivity (Wildman–Crippen MR) is 113 cm³/mol. The molecule has 4 rings (SSSR count). The second-order valence-electron chi connectivity index (χ2n) is 7.75. The van der Waals surface area contributed by atoms with Crippen LogP contribution >= 0.6 is 11.3 Å². The van der Waals surface area contributed by atoms with Crippen LogP contribution in [0, 0.1) is 0 Å². The normalized spacial score (nSPS) is 15.0. The Morgan fingerprint density at radius 3 is 2.86 bits per heavy atom. The van der Waals surface area contributed by atoms with Gasteiger partial charge in [-0.15, -0.1) is 11.3 Å². The summed E-state index contributed by atoms with van der Waals surface area (Å²) in [4.78, 5) is 19.6. The fourth-order valence-corrected chi connectivity index (χ4v) is 5.09. The van der Waals surface area contributed by atoms with Crippen LogP contribution in [0.25, 0.3) is 10.2 Å². The highest BCUT2D eigenvalue weighted by Crippen LogP contribution is 2.33. The Bertz CT molecular complexity index is 1040. The van der Waals surface area contributed by atoms with Gasteiger partial charge in [0.2, 0.25) is 0 Å². The third kappa shape index (κ3) is 3.71. The van der Waals surface area contributed by atoms with Gasteiger partial charge in [0.25, 0.3) is 5.56 Å². The number of hydrogen-bond acceptors (Lipinski definition) is 5. The highest BCUT2D eigenvalue weighted by atomic mass is 32.1. The summed E-state index contributed by atoms with van der Waals surface area (Å²) in [6.07, 6.45) is 5.07. The SMILES string of the molecule is CC(C)c1ccccc1OC[C@@H](O)Cn1cnc2sc3c(c2c1=O)CCCC3. The van der Waals surface area contributed by atoms with E-state index in [0.717, 1.165) is 40.8 Å². The lowest BCUT2D eigenvalue weighted by molar-refractivity contribution is 0.0909. The highest BCUT2D eigenvalue weighted by Gasteiger charge is 2.20. The first-order valence-corrected chi connectivity index (χ1v) is 10.8. The zero-order chi connectivity index (χ0) is 19.7. The molecule has 2 aromatic heterocycles. The van der Waals surface area contributed by atoms with Gasteiger partial charge in [0.05, 0.1) is 18.3 Å². The largest absolute Gasteiger partial charge is 0.491 e. The summed E-state index contributed by atoms with van der Waals surface area (Å²) in [6.45, 7) is 4.54. The number of nitrogens with zero attached hydrogens (tertiary/aromatic N) is 2. The van der Waals surface area contributed by atoms with E-state index in [1.165, 1.54) is 21.4 Å². The molecule has 6 heteroatoms. The molecule has 1 aliphatic rings. The Kier molecular flexibility index (Phi) is 5.51. The van der Waals surface area contributed by atoms with Gasteiger partial charge in [0, 0.05) is 4.88 Å². The van der Waals surface area contributed by atoms with Crippen molar-refractivity contribution < 1.29 is 9.84 Å². The lowest BCUT2D eigenvalue weighted by Gasteiger charge is -2.17. The number of benzene rings is 1. The Labute approximate surface area is 168 Å². The lowest BCUT2D eigenvalue weighted by Crippen LogP contribution is -2.30. The van der Waals surface area contributed by atoms with Crippen molar-refractivity contribution in [2.45, 2.75) is 58.1 Å². The second kappa shape index (κ2) is 8.05. The number of aryl methyl sites for hydroxylation is 2. The van der Waals surface area contributed by atoms with Crippen LogP contribution in [0.15, 0.2) is 35.4 Å². The summed E-state index contributed by atoms with van der Waals surface area (Å²) in [5.41, 5.74) is 2.24. The number of ether oxygens (including phenoxy) is 1. The van der Waals surface area contributed by atoms with E-state index in [1.54, 1.807) is 17.7 Å². The number of hydrogen-bond donors (Lipinski definition) is 1. The van der Waals surface area contributed by atoms with Crippen molar-refractivity contribution in [3.8, 4) is 5.75 Å². The zero-order valence-electron chi connectivity index (χ0n) is 16.4. The topological polar surface area (TPSA) is 64.3 Å². The van der Waals surface area contributed by atoms with E-state index in [2.05, 4.69) is 18.8 Å². The molecular weight excluding hydrogens is 372 g/mol. The molecule has 0 bridgehead atoms. The minimum absolute atomic E-state index is 0.0500. The molecule has 0 spiro atoms. The monoisotopic (exact) mass is 398 g/mol. The van der Waals surface area contributed by atoms with Crippen LogP contribution in [0.4, 0.5) is 0 Å². The van der Waals surface area contributed by atoms with Crippen LogP contribution in [-0.2, 0) is 19.4 Å². The van der Waals surface area contributed by atoms with Gasteiger partial charge in [-0.2, -0.15) is 0 Å². The molecule has 0 unspecified atom stereocenters. The lowest BCUT2D eigenvalue weighted by atomic mass is 9.97. The smallest absolute Gasteiger partial charge is 0.262 e. The molecule has 148 valence electrons.